The van der Waals surface area contributed by atoms with Crippen molar-refractivity contribution in [3.63, 3.8) is 0 Å². The summed E-state index contributed by atoms with van der Waals surface area (Å²) >= 11 is 0. The molecule has 0 spiro atoms. The van der Waals surface area contributed by atoms with Gasteiger partial charge in [0.05, 0.1) is 0 Å². The van der Waals surface area contributed by atoms with Gasteiger partial charge in [-0.15, -0.1) is 0 Å². The summed E-state index contributed by atoms with van der Waals surface area (Å²) in [6, 6.07) is 27.3. The number of aryl methyl sites for hydroxylation is 1. The Morgan fingerprint density at radius 2 is 1.42 bits per heavy atom. The molecule has 2 heteroatoms. The quantitative estimate of drug-likeness (QED) is 0.704. The topological polar surface area (TPSA) is 25.8 Å². The molecule has 0 amide bonds. The summed E-state index contributed by atoms with van der Waals surface area (Å²) < 4.78 is 6.02. The molecular formula is C22H24NO+. The molecule has 3 aromatic rings. The van der Waals surface area contributed by atoms with E-state index in [1.165, 1.54) is 22.3 Å². The number of hydrogen-bond donors (Lipinski definition) is 1. The van der Waals surface area contributed by atoms with E-state index in [0.29, 0.717) is 6.61 Å². The summed E-state index contributed by atoms with van der Waals surface area (Å²) in [5, 5.41) is 2.31. The van der Waals surface area contributed by atoms with Crippen molar-refractivity contribution < 1.29 is 10.1 Å². The maximum absolute atomic E-state index is 6.02. The first-order chi connectivity index (χ1) is 11.8. The summed E-state index contributed by atoms with van der Waals surface area (Å²) in [6.45, 7) is 4.62. The Labute approximate surface area is 144 Å². The molecule has 0 unspecified atom stereocenters. The van der Waals surface area contributed by atoms with Crippen molar-refractivity contribution in [2.24, 2.45) is 0 Å². The largest absolute Gasteiger partial charge is 0.488 e. The molecule has 0 saturated heterocycles. The maximum atomic E-state index is 6.02. The predicted octanol–water partition coefficient (Wildman–Crippen LogP) is 3.84. The fourth-order valence-corrected chi connectivity index (χ4v) is 2.67. The lowest BCUT2D eigenvalue weighted by atomic mass is 10.1. The molecule has 0 aliphatic rings. The van der Waals surface area contributed by atoms with Gasteiger partial charge >= 0.3 is 0 Å². The molecule has 0 bridgehead atoms. The van der Waals surface area contributed by atoms with Gasteiger partial charge in [-0.3, -0.25) is 0 Å². The lowest BCUT2D eigenvalue weighted by Gasteiger charge is -2.11. The van der Waals surface area contributed by atoms with Crippen molar-refractivity contribution in [3.05, 3.63) is 101 Å². The van der Waals surface area contributed by atoms with E-state index in [2.05, 4.69) is 66.8 Å². The van der Waals surface area contributed by atoms with E-state index >= 15 is 0 Å². The molecule has 2 nitrogen and oxygen atoms in total. The Morgan fingerprint density at radius 3 is 2.21 bits per heavy atom. The van der Waals surface area contributed by atoms with Crippen molar-refractivity contribution in [3.8, 4) is 5.75 Å². The van der Waals surface area contributed by atoms with Crippen LogP contribution in [0.4, 0.5) is 0 Å². The van der Waals surface area contributed by atoms with Crippen molar-refractivity contribution >= 4 is 0 Å². The molecule has 0 radical (unpaired) electrons. The predicted molar refractivity (Wildman–Crippen MR) is 97.7 cm³/mol. The number of ether oxygens (including phenoxy) is 1. The van der Waals surface area contributed by atoms with E-state index in [0.717, 1.165) is 18.8 Å². The number of hydrogen-bond acceptors (Lipinski definition) is 1. The van der Waals surface area contributed by atoms with Gasteiger partial charge in [-0.1, -0.05) is 72.3 Å². The number of benzene rings is 3. The molecule has 3 rings (SSSR count). The number of quaternary nitrogens is 1. The van der Waals surface area contributed by atoms with E-state index in [1.807, 2.05) is 24.3 Å². The smallest absolute Gasteiger partial charge is 0.128 e. The standard InChI is InChI=1S/C22H23NO/c1-18-11-13-19(14-12-18)15-23-16-21-9-5-6-10-22(21)24-17-20-7-3-2-4-8-20/h2-14,23H,15-17H2,1H3/p+1. The van der Waals surface area contributed by atoms with Crippen LogP contribution in [0, 0.1) is 6.92 Å². The molecule has 2 N–H and O–H groups in total. The lowest BCUT2D eigenvalue weighted by molar-refractivity contribution is -0.686. The second-order valence-corrected chi connectivity index (χ2v) is 6.06. The lowest BCUT2D eigenvalue weighted by Crippen LogP contribution is -2.80. The fourth-order valence-electron chi connectivity index (χ4n) is 2.67. The van der Waals surface area contributed by atoms with Gasteiger partial charge in [-0.05, 0) is 24.6 Å². The minimum Gasteiger partial charge on any atom is -0.488 e. The van der Waals surface area contributed by atoms with Gasteiger partial charge < -0.3 is 10.1 Å². The Balaban J connectivity index is 1.56. The molecule has 0 aromatic heterocycles. The van der Waals surface area contributed by atoms with E-state index in [4.69, 9.17) is 4.74 Å². The first-order valence-electron chi connectivity index (χ1n) is 8.43. The van der Waals surface area contributed by atoms with Gasteiger partial charge in [-0.2, -0.15) is 0 Å². The van der Waals surface area contributed by atoms with Crippen LogP contribution in [0.2, 0.25) is 0 Å². The molecule has 0 fully saturated rings. The number of para-hydroxylation sites is 1. The van der Waals surface area contributed by atoms with Crippen LogP contribution in [0.25, 0.3) is 0 Å². The van der Waals surface area contributed by atoms with Crippen molar-refractivity contribution in [2.75, 3.05) is 0 Å². The first kappa shape index (κ1) is 16.3. The average molecular weight is 318 g/mol. The van der Waals surface area contributed by atoms with Gasteiger partial charge in [-0.25, -0.2) is 0 Å². The normalized spacial score (nSPS) is 10.5. The zero-order valence-electron chi connectivity index (χ0n) is 14.1. The van der Waals surface area contributed by atoms with Gasteiger partial charge in [0.15, 0.2) is 0 Å². The number of nitrogens with two attached hydrogens (primary N) is 1. The summed E-state index contributed by atoms with van der Waals surface area (Å²) in [5.74, 6) is 0.974. The SMILES string of the molecule is Cc1ccc(C[NH2+]Cc2ccccc2OCc2ccccc2)cc1. The third kappa shape index (κ3) is 4.71. The van der Waals surface area contributed by atoms with E-state index in [-0.39, 0.29) is 0 Å². The highest BCUT2D eigenvalue weighted by molar-refractivity contribution is 5.33. The molecular weight excluding hydrogens is 294 g/mol. The summed E-state index contributed by atoms with van der Waals surface area (Å²) in [4.78, 5) is 0. The highest BCUT2D eigenvalue weighted by Gasteiger charge is 2.05. The van der Waals surface area contributed by atoms with Gasteiger partial charge in [0.1, 0.15) is 25.4 Å². The Hall–Kier alpha value is -2.58. The Bertz CT molecular complexity index is 750. The molecule has 3 aromatic carbocycles. The highest BCUT2D eigenvalue weighted by atomic mass is 16.5. The van der Waals surface area contributed by atoms with E-state index in [1.54, 1.807) is 0 Å². The van der Waals surface area contributed by atoms with Crippen LogP contribution in [0.3, 0.4) is 0 Å². The molecule has 0 saturated carbocycles. The van der Waals surface area contributed by atoms with Crippen LogP contribution in [0.15, 0.2) is 78.9 Å². The zero-order chi connectivity index (χ0) is 16.6. The Kier molecular flexibility index (Phi) is 5.65. The monoisotopic (exact) mass is 318 g/mol. The van der Waals surface area contributed by atoms with Gasteiger partial charge in [0, 0.05) is 11.1 Å². The first-order valence-corrected chi connectivity index (χ1v) is 8.43. The third-order valence-corrected chi connectivity index (χ3v) is 4.07. The highest BCUT2D eigenvalue weighted by Crippen LogP contribution is 2.18. The van der Waals surface area contributed by atoms with Crippen LogP contribution in [-0.4, -0.2) is 0 Å². The van der Waals surface area contributed by atoms with E-state index < -0.39 is 0 Å². The molecule has 0 aliphatic carbocycles. The minimum absolute atomic E-state index is 0.607. The van der Waals surface area contributed by atoms with Crippen LogP contribution in [-0.2, 0) is 19.7 Å². The van der Waals surface area contributed by atoms with Crippen LogP contribution < -0.4 is 10.1 Å². The van der Waals surface area contributed by atoms with Crippen molar-refractivity contribution in [1.29, 1.82) is 0 Å². The summed E-state index contributed by atoms with van der Waals surface area (Å²) in [6.07, 6.45) is 0. The van der Waals surface area contributed by atoms with Crippen LogP contribution in [0.5, 0.6) is 5.75 Å². The molecule has 0 aliphatic heterocycles. The molecule has 122 valence electrons. The van der Waals surface area contributed by atoms with Crippen molar-refractivity contribution in [2.45, 2.75) is 26.6 Å². The van der Waals surface area contributed by atoms with Crippen LogP contribution in [0.1, 0.15) is 22.3 Å². The zero-order valence-corrected chi connectivity index (χ0v) is 14.1. The Morgan fingerprint density at radius 1 is 0.708 bits per heavy atom. The van der Waals surface area contributed by atoms with Crippen LogP contribution >= 0.6 is 0 Å². The third-order valence-electron chi connectivity index (χ3n) is 4.07. The summed E-state index contributed by atoms with van der Waals surface area (Å²) in [7, 11) is 0. The van der Waals surface area contributed by atoms with E-state index in [9.17, 15) is 0 Å². The minimum atomic E-state index is 0.607. The molecule has 0 heterocycles. The number of rotatable bonds is 7. The van der Waals surface area contributed by atoms with Gasteiger partial charge in [0.25, 0.3) is 0 Å². The fraction of sp³-hybridized carbons (Fsp3) is 0.182. The second-order valence-electron chi connectivity index (χ2n) is 6.06. The molecule has 0 atom stereocenters. The summed E-state index contributed by atoms with van der Waals surface area (Å²) in [5.41, 5.74) is 5.08. The average Bonchev–Trinajstić information content (AvgIpc) is 2.63. The second kappa shape index (κ2) is 8.32. The van der Waals surface area contributed by atoms with Gasteiger partial charge in [0.2, 0.25) is 0 Å². The molecule has 24 heavy (non-hydrogen) atoms. The van der Waals surface area contributed by atoms with Crippen molar-refractivity contribution in [1.82, 2.24) is 0 Å². The maximum Gasteiger partial charge on any atom is 0.128 e.